The number of nitrogens with zero attached hydrogens (tertiary/aromatic N) is 1. The zero-order chi connectivity index (χ0) is 16.2. The summed E-state index contributed by atoms with van der Waals surface area (Å²) in [6.45, 7) is 1.55. The molecule has 0 radical (unpaired) electrons. The van der Waals surface area contributed by atoms with Crippen molar-refractivity contribution in [1.82, 2.24) is 4.98 Å². The summed E-state index contributed by atoms with van der Waals surface area (Å²) in [4.78, 5) is 28.9. The summed E-state index contributed by atoms with van der Waals surface area (Å²) in [5.74, 6) is -0.881. The standard InChI is InChI=1S/C17H14N2O3S/c1-11(22-17(21)15-8-4-10-23-15)16(20)19-14-7-2-6-13-12(14)5-3-9-18-13/h2-11H,1H3,(H,19,20). The second-order valence-corrected chi connectivity index (χ2v) is 5.84. The minimum Gasteiger partial charge on any atom is -0.448 e. The fourth-order valence-corrected chi connectivity index (χ4v) is 2.72. The van der Waals surface area contributed by atoms with Gasteiger partial charge in [0.15, 0.2) is 6.10 Å². The Morgan fingerprint density at radius 3 is 2.83 bits per heavy atom. The molecule has 2 aromatic heterocycles. The van der Waals surface area contributed by atoms with Crippen LogP contribution in [0.15, 0.2) is 54.0 Å². The van der Waals surface area contributed by atoms with E-state index in [0.717, 1.165) is 10.9 Å². The van der Waals surface area contributed by atoms with E-state index in [1.807, 2.05) is 18.2 Å². The van der Waals surface area contributed by atoms with E-state index in [1.54, 1.807) is 42.8 Å². The molecule has 3 aromatic rings. The average Bonchev–Trinajstić information content (AvgIpc) is 3.09. The lowest BCUT2D eigenvalue weighted by molar-refractivity contribution is -0.123. The molecule has 0 saturated carbocycles. The van der Waals surface area contributed by atoms with Crippen molar-refractivity contribution in [3.8, 4) is 0 Å². The molecule has 0 aliphatic heterocycles. The van der Waals surface area contributed by atoms with Crippen LogP contribution in [0.25, 0.3) is 10.9 Å². The molecule has 2 heterocycles. The number of thiophene rings is 1. The van der Waals surface area contributed by atoms with E-state index in [1.165, 1.54) is 11.3 Å². The van der Waals surface area contributed by atoms with E-state index in [-0.39, 0.29) is 5.91 Å². The lowest BCUT2D eigenvalue weighted by atomic mass is 10.2. The van der Waals surface area contributed by atoms with Gasteiger partial charge in [0.2, 0.25) is 0 Å². The van der Waals surface area contributed by atoms with Gasteiger partial charge in [0.1, 0.15) is 4.88 Å². The lowest BCUT2D eigenvalue weighted by Gasteiger charge is -2.14. The fourth-order valence-electron chi connectivity index (χ4n) is 2.11. The van der Waals surface area contributed by atoms with Gasteiger partial charge in [0.25, 0.3) is 5.91 Å². The number of rotatable bonds is 4. The zero-order valence-electron chi connectivity index (χ0n) is 12.4. The van der Waals surface area contributed by atoms with Gasteiger partial charge in [0, 0.05) is 11.6 Å². The van der Waals surface area contributed by atoms with Crippen LogP contribution in [0.5, 0.6) is 0 Å². The van der Waals surface area contributed by atoms with Gasteiger partial charge in [-0.3, -0.25) is 9.78 Å². The van der Waals surface area contributed by atoms with Gasteiger partial charge in [-0.1, -0.05) is 12.1 Å². The number of esters is 1. The van der Waals surface area contributed by atoms with Gasteiger partial charge in [-0.05, 0) is 42.6 Å². The first-order valence-corrected chi connectivity index (χ1v) is 7.92. The van der Waals surface area contributed by atoms with Gasteiger partial charge in [0.05, 0.1) is 11.2 Å². The summed E-state index contributed by atoms with van der Waals surface area (Å²) in [5.41, 5.74) is 1.42. The molecule has 0 aliphatic carbocycles. The number of benzene rings is 1. The number of nitrogens with one attached hydrogen (secondary N) is 1. The Balaban J connectivity index is 1.72. The van der Waals surface area contributed by atoms with Crippen molar-refractivity contribution < 1.29 is 14.3 Å². The molecule has 0 aliphatic rings. The number of carbonyl (C=O) groups excluding carboxylic acids is 2. The van der Waals surface area contributed by atoms with E-state index >= 15 is 0 Å². The van der Waals surface area contributed by atoms with E-state index in [0.29, 0.717) is 10.6 Å². The average molecular weight is 326 g/mol. The molecule has 1 amide bonds. The molecule has 6 heteroatoms. The predicted octanol–water partition coefficient (Wildman–Crippen LogP) is 3.48. The Bertz CT molecular complexity index is 841. The SMILES string of the molecule is CC(OC(=O)c1cccs1)C(=O)Nc1cccc2ncccc12. The number of anilines is 1. The molecule has 5 nitrogen and oxygen atoms in total. The third-order valence-electron chi connectivity index (χ3n) is 3.28. The molecule has 23 heavy (non-hydrogen) atoms. The van der Waals surface area contributed by atoms with Gasteiger partial charge in [-0.25, -0.2) is 4.79 Å². The first-order chi connectivity index (χ1) is 11.1. The predicted molar refractivity (Wildman–Crippen MR) is 89.6 cm³/mol. The van der Waals surface area contributed by atoms with E-state index < -0.39 is 12.1 Å². The Hall–Kier alpha value is -2.73. The fraction of sp³-hybridized carbons (Fsp3) is 0.118. The minimum absolute atomic E-state index is 0.383. The van der Waals surface area contributed by atoms with Crippen molar-refractivity contribution in [2.45, 2.75) is 13.0 Å². The summed E-state index contributed by atoms with van der Waals surface area (Å²) < 4.78 is 5.18. The van der Waals surface area contributed by atoms with Crippen LogP contribution in [0.3, 0.4) is 0 Å². The van der Waals surface area contributed by atoms with Crippen molar-refractivity contribution in [1.29, 1.82) is 0 Å². The minimum atomic E-state index is -0.892. The van der Waals surface area contributed by atoms with Crippen LogP contribution in [0.4, 0.5) is 5.69 Å². The van der Waals surface area contributed by atoms with Gasteiger partial charge < -0.3 is 10.1 Å². The molecule has 0 bridgehead atoms. The van der Waals surface area contributed by atoms with Crippen LogP contribution in [0.1, 0.15) is 16.6 Å². The van der Waals surface area contributed by atoms with Crippen LogP contribution in [0, 0.1) is 0 Å². The maximum absolute atomic E-state index is 12.3. The Morgan fingerprint density at radius 2 is 2.04 bits per heavy atom. The quantitative estimate of drug-likeness (QED) is 0.745. The Kier molecular flexibility index (Phi) is 4.34. The van der Waals surface area contributed by atoms with Gasteiger partial charge in [-0.15, -0.1) is 11.3 Å². The summed E-state index contributed by atoms with van der Waals surface area (Å²) >= 11 is 1.28. The normalized spacial score (nSPS) is 11.9. The second kappa shape index (κ2) is 6.58. The van der Waals surface area contributed by atoms with Crippen LogP contribution in [-0.4, -0.2) is 23.0 Å². The smallest absolute Gasteiger partial charge is 0.349 e. The Labute approximate surface area is 136 Å². The second-order valence-electron chi connectivity index (χ2n) is 4.89. The third-order valence-corrected chi connectivity index (χ3v) is 4.13. The highest BCUT2D eigenvalue weighted by molar-refractivity contribution is 7.11. The zero-order valence-corrected chi connectivity index (χ0v) is 13.2. The number of amides is 1. The summed E-state index contributed by atoms with van der Waals surface area (Å²) in [6.07, 6.45) is 0.802. The Morgan fingerprint density at radius 1 is 1.17 bits per heavy atom. The number of aromatic nitrogens is 1. The number of carbonyl (C=O) groups is 2. The molecule has 116 valence electrons. The molecule has 3 rings (SSSR count). The molecule has 1 aromatic carbocycles. The molecule has 1 atom stereocenters. The van der Waals surface area contributed by atoms with E-state index in [4.69, 9.17) is 4.74 Å². The summed E-state index contributed by atoms with van der Waals surface area (Å²) in [5, 5.41) is 5.40. The number of pyridine rings is 1. The van der Waals surface area contributed by atoms with Crippen LogP contribution in [-0.2, 0) is 9.53 Å². The number of hydrogen-bond donors (Lipinski definition) is 1. The summed E-state index contributed by atoms with van der Waals surface area (Å²) in [6, 6.07) is 12.6. The van der Waals surface area contributed by atoms with Gasteiger partial charge in [-0.2, -0.15) is 0 Å². The lowest BCUT2D eigenvalue weighted by Crippen LogP contribution is -2.29. The molecule has 0 spiro atoms. The van der Waals surface area contributed by atoms with E-state index in [2.05, 4.69) is 10.3 Å². The van der Waals surface area contributed by atoms with E-state index in [9.17, 15) is 9.59 Å². The maximum atomic E-state index is 12.3. The van der Waals surface area contributed by atoms with Gasteiger partial charge >= 0.3 is 5.97 Å². The van der Waals surface area contributed by atoms with Crippen molar-refractivity contribution in [2.75, 3.05) is 5.32 Å². The molecule has 0 saturated heterocycles. The highest BCUT2D eigenvalue weighted by atomic mass is 32.1. The van der Waals surface area contributed by atoms with Crippen LogP contribution >= 0.6 is 11.3 Å². The number of ether oxygens (including phenoxy) is 1. The molecular weight excluding hydrogens is 312 g/mol. The first-order valence-electron chi connectivity index (χ1n) is 7.04. The highest BCUT2D eigenvalue weighted by Crippen LogP contribution is 2.21. The molecule has 0 fully saturated rings. The number of hydrogen-bond acceptors (Lipinski definition) is 5. The third kappa shape index (κ3) is 3.37. The van der Waals surface area contributed by atoms with Crippen molar-refractivity contribution in [3.63, 3.8) is 0 Å². The molecular formula is C17H14N2O3S. The van der Waals surface area contributed by atoms with Crippen LogP contribution < -0.4 is 5.32 Å². The van der Waals surface area contributed by atoms with Crippen molar-refractivity contribution >= 4 is 39.8 Å². The largest absolute Gasteiger partial charge is 0.448 e. The monoisotopic (exact) mass is 326 g/mol. The maximum Gasteiger partial charge on any atom is 0.349 e. The molecule has 1 N–H and O–H groups in total. The van der Waals surface area contributed by atoms with Crippen molar-refractivity contribution in [3.05, 3.63) is 58.9 Å². The number of fused-ring (bicyclic) bond motifs is 1. The topological polar surface area (TPSA) is 68.3 Å². The summed E-state index contributed by atoms with van der Waals surface area (Å²) in [7, 11) is 0. The first kappa shape index (κ1) is 15.2. The molecule has 1 unspecified atom stereocenters. The van der Waals surface area contributed by atoms with Crippen LogP contribution in [0.2, 0.25) is 0 Å². The van der Waals surface area contributed by atoms with Crippen molar-refractivity contribution in [2.24, 2.45) is 0 Å². The highest BCUT2D eigenvalue weighted by Gasteiger charge is 2.20.